The summed E-state index contributed by atoms with van der Waals surface area (Å²) >= 11 is 0. The molecule has 1 aromatic rings. The van der Waals surface area contributed by atoms with Gasteiger partial charge in [-0.1, -0.05) is 26.8 Å². The number of likely N-dealkylation sites (N-methyl/N-ethyl adjacent to an activating group) is 1. The molecule has 2 atom stereocenters. The summed E-state index contributed by atoms with van der Waals surface area (Å²) in [6, 6.07) is 4.48. The Kier molecular flexibility index (Phi) is 6.00. The second kappa shape index (κ2) is 7.43. The van der Waals surface area contributed by atoms with Gasteiger partial charge in [0.2, 0.25) is 0 Å². The third kappa shape index (κ3) is 4.86. The third-order valence-corrected chi connectivity index (χ3v) is 9.91. The van der Waals surface area contributed by atoms with Gasteiger partial charge in [-0.15, -0.1) is 0 Å². The molecule has 5 heteroatoms. The molecule has 0 amide bonds. The zero-order valence-corrected chi connectivity index (χ0v) is 16.6. The van der Waals surface area contributed by atoms with Gasteiger partial charge >= 0.3 is 0 Å². The average Bonchev–Trinajstić information content (AvgIpc) is 2.91. The first-order valence-corrected chi connectivity index (χ1v) is 11.6. The van der Waals surface area contributed by atoms with Gasteiger partial charge in [-0.25, -0.2) is 0 Å². The highest BCUT2D eigenvalue weighted by Crippen LogP contribution is 2.38. The first kappa shape index (κ1) is 18.6. The Bertz CT molecular complexity index is 487. The summed E-state index contributed by atoms with van der Waals surface area (Å²) in [5, 5.41) is 3.70. The molecule has 1 aromatic heterocycles. The van der Waals surface area contributed by atoms with Gasteiger partial charge in [0.25, 0.3) is 0 Å². The lowest BCUT2D eigenvalue weighted by Crippen LogP contribution is -2.44. The van der Waals surface area contributed by atoms with Crippen LogP contribution in [-0.4, -0.2) is 51.0 Å². The fraction of sp³-hybridized carbons (Fsp3) is 0.722. The van der Waals surface area contributed by atoms with Gasteiger partial charge in [-0.2, -0.15) is 0 Å². The lowest BCUT2D eigenvalue weighted by Gasteiger charge is -2.38. The monoisotopic (exact) mass is 335 g/mol. The summed E-state index contributed by atoms with van der Waals surface area (Å²) in [6.07, 6.45) is 5.33. The van der Waals surface area contributed by atoms with Crippen molar-refractivity contribution in [2.75, 3.05) is 26.7 Å². The van der Waals surface area contributed by atoms with Crippen LogP contribution in [0.4, 0.5) is 0 Å². The number of rotatable bonds is 6. The summed E-state index contributed by atoms with van der Waals surface area (Å²) in [4.78, 5) is 6.76. The molecule has 2 rings (SSSR count). The summed E-state index contributed by atoms with van der Waals surface area (Å²) in [5.74, 6) is 0. The first-order chi connectivity index (χ1) is 10.7. The summed E-state index contributed by atoms with van der Waals surface area (Å²) in [5.41, 5.74) is 1.25. The number of likely N-dealkylation sites (tertiary alicyclic amines) is 1. The van der Waals surface area contributed by atoms with Gasteiger partial charge in [0, 0.05) is 38.1 Å². The Morgan fingerprint density at radius 3 is 2.74 bits per heavy atom. The van der Waals surface area contributed by atoms with Gasteiger partial charge in [0.05, 0.1) is 6.10 Å². The van der Waals surface area contributed by atoms with E-state index in [0.717, 1.165) is 26.1 Å². The molecule has 1 aliphatic rings. The van der Waals surface area contributed by atoms with Crippen molar-refractivity contribution in [2.24, 2.45) is 0 Å². The van der Waals surface area contributed by atoms with Crippen LogP contribution in [0.1, 0.15) is 38.8 Å². The van der Waals surface area contributed by atoms with Crippen molar-refractivity contribution in [1.82, 2.24) is 15.2 Å². The Balaban J connectivity index is 1.90. The number of hydrogen-bond acceptors (Lipinski definition) is 4. The average molecular weight is 336 g/mol. The predicted molar refractivity (Wildman–Crippen MR) is 99.2 cm³/mol. The molecule has 0 saturated carbocycles. The van der Waals surface area contributed by atoms with Crippen LogP contribution in [0.3, 0.4) is 0 Å². The molecule has 0 bridgehead atoms. The molecular weight excluding hydrogens is 302 g/mol. The fourth-order valence-electron chi connectivity index (χ4n) is 2.86. The Morgan fingerprint density at radius 1 is 1.43 bits per heavy atom. The molecule has 0 spiro atoms. The van der Waals surface area contributed by atoms with Crippen molar-refractivity contribution in [3.05, 3.63) is 30.1 Å². The van der Waals surface area contributed by atoms with Crippen molar-refractivity contribution in [3.8, 4) is 0 Å². The molecule has 1 fully saturated rings. The van der Waals surface area contributed by atoms with E-state index in [1.807, 2.05) is 25.5 Å². The van der Waals surface area contributed by atoms with Crippen LogP contribution in [0.5, 0.6) is 0 Å². The molecule has 4 nitrogen and oxygen atoms in total. The maximum atomic E-state index is 6.58. The van der Waals surface area contributed by atoms with Crippen molar-refractivity contribution < 1.29 is 4.43 Å². The molecule has 1 unspecified atom stereocenters. The van der Waals surface area contributed by atoms with E-state index in [9.17, 15) is 0 Å². The van der Waals surface area contributed by atoms with E-state index in [1.165, 1.54) is 5.56 Å². The van der Waals surface area contributed by atoms with Crippen LogP contribution >= 0.6 is 0 Å². The van der Waals surface area contributed by atoms with Crippen LogP contribution in [0.15, 0.2) is 24.5 Å². The van der Waals surface area contributed by atoms with Gasteiger partial charge in [0.1, 0.15) is 0 Å². The molecule has 1 aliphatic heterocycles. The molecule has 1 saturated heterocycles. The molecule has 23 heavy (non-hydrogen) atoms. The number of hydrogen-bond donors (Lipinski definition) is 1. The molecule has 1 N–H and O–H groups in total. The minimum atomic E-state index is -1.66. The SMILES string of the molecule is CNC(CN1CC[C@H](O[Si](C)(C)C(C)(C)C)C1)c1cccnc1. The number of nitrogens with zero attached hydrogens (tertiary/aromatic N) is 2. The number of pyridine rings is 1. The molecule has 0 aromatic carbocycles. The van der Waals surface area contributed by atoms with Crippen LogP contribution in [0, 0.1) is 0 Å². The van der Waals surface area contributed by atoms with E-state index in [-0.39, 0.29) is 5.04 Å². The second-order valence-corrected chi connectivity index (χ2v) is 12.9. The number of aromatic nitrogens is 1. The van der Waals surface area contributed by atoms with Crippen LogP contribution in [-0.2, 0) is 4.43 Å². The standard InChI is InChI=1S/C18H33N3OSi/c1-18(2,3)23(5,6)22-16-9-11-21(13-16)14-17(19-4)15-8-7-10-20-12-15/h7-8,10,12,16-17,19H,9,11,13-14H2,1-6H3/t16-,17?/m0/s1. The van der Waals surface area contributed by atoms with E-state index in [4.69, 9.17) is 4.43 Å². The molecule has 0 radical (unpaired) electrons. The molecule has 0 aliphatic carbocycles. The summed E-state index contributed by atoms with van der Waals surface area (Å²) in [7, 11) is 0.361. The smallest absolute Gasteiger partial charge is 0.192 e. The minimum absolute atomic E-state index is 0.281. The minimum Gasteiger partial charge on any atom is -0.413 e. The molecular formula is C18H33N3OSi. The largest absolute Gasteiger partial charge is 0.413 e. The van der Waals surface area contributed by atoms with Crippen molar-refractivity contribution in [3.63, 3.8) is 0 Å². The van der Waals surface area contributed by atoms with E-state index >= 15 is 0 Å². The highest BCUT2D eigenvalue weighted by atomic mass is 28.4. The predicted octanol–water partition coefficient (Wildman–Crippen LogP) is 3.44. The van der Waals surface area contributed by atoms with Crippen molar-refractivity contribution >= 4 is 8.32 Å². The quantitative estimate of drug-likeness (QED) is 0.808. The van der Waals surface area contributed by atoms with E-state index in [0.29, 0.717) is 12.1 Å². The second-order valence-electron chi connectivity index (χ2n) is 8.18. The van der Waals surface area contributed by atoms with Gasteiger partial charge in [-0.05, 0) is 43.2 Å². The Hall–Kier alpha value is -0.753. The first-order valence-electron chi connectivity index (χ1n) is 8.70. The summed E-state index contributed by atoms with van der Waals surface area (Å²) < 4.78 is 6.58. The lowest BCUT2D eigenvalue weighted by atomic mass is 10.1. The lowest BCUT2D eigenvalue weighted by molar-refractivity contribution is 0.177. The van der Waals surface area contributed by atoms with Crippen LogP contribution in [0.25, 0.3) is 0 Å². The van der Waals surface area contributed by atoms with E-state index < -0.39 is 8.32 Å². The Labute approximate surface area is 142 Å². The molecule has 130 valence electrons. The zero-order chi connectivity index (χ0) is 17.1. The third-order valence-electron chi connectivity index (χ3n) is 5.37. The Morgan fingerprint density at radius 2 is 2.17 bits per heavy atom. The van der Waals surface area contributed by atoms with E-state index in [1.54, 1.807) is 0 Å². The van der Waals surface area contributed by atoms with Crippen molar-refractivity contribution in [1.29, 1.82) is 0 Å². The highest BCUT2D eigenvalue weighted by Gasteiger charge is 2.40. The fourth-order valence-corrected chi connectivity index (χ4v) is 4.24. The highest BCUT2D eigenvalue weighted by molar-refractivity contribution is 6.74. The topological polar surface area (TPSA) is 37.4 Å². The van der Waals surface area contributed by atoms with Crippen molar-refractivity contribution in [2.45, 2.75) is 57.5 Å². The molecule has 2 heterocycles. The van der Waals surface area contributed by atoms with Crippen LogP contribution in [0.2, 0.25) is 18.1 Å². The maximum absolute atomic E-state index is 6.58. The zero-order valence-electron chi connectivity index (χ0n) is 15.6. The normalized spacial score (nSPS) is 21.6. The van der Waals surface area contributed by atoms with Gasteiger partial charge in [0.15, 0.2) is 8.32 Å². The number of nitrogens with one attached hydrogen (secondary N) is 1. The van der Waals surface area contributed by atoms with Gasteiger partial charge in [-0.3, -0.25) is 9.88 Å². The van der Waals surface area contributed by atoms with Gasteiger partial charge < -0.3 is 9.74 Å². The van der Waals surface area contributed by atoms with E-state index in [2.05, 4.69) is 55.1 Å². The van der Waals surface area contributed by atoms with Crippen LogP contribution < -0.4 is 5.32 Å². The summed E-state index contributed by atoms with van der Waals surface area (Å²) in [6.45, 7) is 14.8. The maximum Gasteiger partial charge on any atom is 0.192 e.